The van der Waals surface area contributed by atoms with E-state index in [0.717, 1.165) is 37.5 Å². The Balaban J connectivity index is 1.54. The highest BCUT2D eigenvalue weighted by molar-refractivity contribution is 6.31. The lowest BCUT2D eigenvalue weighted by Crippen LogP contribution is -2.47. The van der Waals surface area contributed by atoms with Gasteiger partial charge in [0.05, 0.1) is 13.2 Å². The Morgan fingerprint density at radius 1 is 1.04 bits per heavy atom. The Kier molecular flexibility index (Phi) is 5.61. The average molecular weight is 347 g/mol. The number of anilines is 1. The van der Waals surface area contributed by atoms with Gasteiger partial charge in [0.15, 0.2) is 0 Å². The van der Waals surface area contributed by atoms with Crippen LogP contribution in [0, 0.1) is 0 Å². The van der Waals surface area contributed by atoms with E-state index in [0.29, 0.717) is 11.6 Å². The van der Waals surface area contributed by atoms with Crippen LogP contribution in [0.2, 0.25) is 5.02 Å². The number of hydrogen-bond donors (Lipinski definition) is 1. The summed E-state index contributed by atoms with van der Waals surface area (Å²) in [5.41, 5.74) is 2.01. The minimum Gasteiger partial charge on any atom is -0.497 e. The Bertz CT molecular complexity index is 655. The number of nitrogens with zero attached hydrogens (tertiary/aromatic N) is 2. The van der Waals surface area contributed by atoms with Crippen molar-refractivity contribution in [2.24, 2.45) is 0 Å². The van der Waals surface area contributed by atoms with Gasteiger partial charge >= 0.3 is 0 Å². The Morgan fingerprint density at radius 2 is 1.71 bits per heavy atom. The highest BCUT2D eigenvalue weighted by atomic mass is 35.5. The van der Waals surface area contributed by atoms with Gasteiger partial charge in [0.25, 0.3) is 0 Å². The van der Waals surface area contributed by atoms with E-state index >= 15 is 0 Å². The summed E-state index contributed by atoms with van der Waals surface area (Å²) in [5.74, 6) is 0.875. The number of benzene rings is 2. The first kappa shape index (κ1) is 17.1. The van der Waals surface area contributed by atoms with Crippen molar-refractivity contribution in [2.45, 2.75) is 6.10 Å². The maximum atomic E-state index is 10.4. The molecular formula is C19H23ClN2O2. The van der Waals surface area contributed by atoms with Gasteiger partial charge in [0.2, 0.25) is 0 Å². The molecule has 1 fully saturated rings. The Morgan fingerprint density at radius 3 is 2.33 bits per heavy atom. The molecule has 0 aliphatic carbocycles. The number of halogens is 1. The molecule has 1 aliphatic rings. The zero-order valence-corrected chi connectivity index (χ0v) is 14.6. The van der Waals surface area contributed by atoms with Gasteiger partial charge in [-0.2, -0.15) is 0 Å². The van der Waals surface area contributed by atoms with Gasteiger partial charge in [-0.1, -0.05) is 29.8 Å². The molecule has 0 bridgehead atoms. The van der Waals surface area contributed by atoms with Crippen LogP contribution < -0.4 is 9.64 Å². The highest BCUT2D eigenvalue weighted by Crippen LogP contribution is 2.25. The number of rotatable bonds is 5. The minimum absolute atomic E-state index is 0.550. The zero-order valence-electron chi connectivity index (χ0n) is 13.9. The maximum Gasteiger partial charge on any atom is 0.119 e. The molecule has 2 aromatic rings. The van der Waals surface area contributed by atoms with Crippen LogP contribution in [0.15, 0.2) is 48.5 Å². The molecule has 1 unspecified atom stereocenters. The summed E-state index contributed by atoms with van der Waals surface area (Å²) in [6.45, 7) is 4.35. The number of ether oxygens (including phenoxy) is 1. The second kappa shape index (κ2) is 7.88. The smallest absolute Gasteiger partial charge is 0.119 e. The van der Waals surface area contributed by atoms with E-state index in [2.05, 4.69) is 21.9 Å². The van der Waals surface area contributed by atoms with Crippen molar-refractivity contribution >= 4 is 17.3 Å². The van der Waals surface area contributed by atoms with Crippen LogP contribution in [-0.2, 0) is 0 Å². The first-order valence-electron chi connectivity index (χ1n) is 8.21. The fourth-order valence-corrected chi connectivity index (χ4v) is 3.33. The van der Waals surface area contributed by atoms with Crippen molar-refractivity contribution in [3.8, 4) is 5.75 Å². The molecule has 0 radical (unpaired) electrons. The van der Waals surface area contributed by atoms with Crippen molar-refractivity contribution in [2.75, 3.05) is 44.7 Å². The van der Waals surface area contributed by atoms with Crippen molar-refractivity contribution in [3.63, 3.8) is 0 Å². The molecule has 1 heterocycles. The van der Waals surface area contributed by atoms with E-state index in [-0.39, 0.29) is 0 Å². The van der Waals surface area contributed by atoms with Gasteiger partial charge in [-0.25, -0.2) is 0 Å². The van der Waals surface area contributed by atoms with E-state index in [9.17, 15) is 5.11 Å². The molecule has 5 heteroatoms. The summed E-state index contributed by atoms with van der Waals surface area (Å²) in [6.07, 6.45) is -0.550. The van der Waals surface area contributed by atoms with Gasteiger partial charge in [-0.05, 0) is 30.3 Å². The molecule has 0 spiro atoms. The molecule has 0 amide bonds. The van der Waals surface area contributed by atoms with Crippen LogP contribution in [0.5, 0.6) is 5.75 Å². The normalized spacial score (nSPS) is 16.9. The number of aliphatic hydroxyl groups excluding tert-OH is 1. The van der Waals surface area contributed by atoms with Gasteiger partial charge in [-0.15, -0.1) is 0 Å². The minimum atomic E-state index is -0.550. The molecule has 1 atom stereocenters. The van der Waals surface area contributed by atoms with Crippen molar-refractivity contribution < 1.29 is 9.84 Å². The number of β-amino-alcohol motifs (C(OH)–C–C–N with tert-alkyl or cyclic N) is 1. The van der Waals surface area contributed by atoms with E-state index < -0.39 is 6.10 Å². The highest BCUT2D eigenvalue weighted by Gasteiger charge is 2.21. The van der Waals surface area contributed by atoms with Gasteiger partial charge < -0.3 is 14.7 Å². The molecule has 1 N–H and O–H groups in total. The van der Waals surface area contributed by atoms with Crippen LogP contribution in [0.3, 0.4) is 0 Å². The van der Waals surface area contributed by atoms with Gasteiger partial charge in [0.1, 0.15) is 5.75 Å². The fraction of sp³-hybridized carbons (Fsp3) is 0.368. The van der Waals surface area contributed by atoms with E-state index in [1.54, 1.807) is 7.11 Å². The summed E-state index contributed by atoms with van der Waals surface area (Å²) in [6, 6.07) is 15.7. The summed E-state index contributed by atoms with van der Waals surface area (Å²) < 4.78 is 5.20. The third-order valence-corrected chi connectivity index (χ3v) is 4.85. The number of methoxy groups -OCH3 is 1. The molecule has 0 aromatic heterocycles. The van der Waals surface area contributed by atoms with E-state index in [1.807, 2.05) is 36.4 Å². The molecule has 3 rings (SSSR count). The molecule has 24 heavy (non-hydrogen) atoms. The third kappa shape index (κ3) is 4.01. The Hall–Kier alpha value is -1.75. The fourth-order valence-electron chi connectivity index (χ4n) is 3.07. The first-order valence-corrected chi connectivity index (χ1v) is 8.59. The van der Waals surface area contributed by atoms with Crippen LogP contribution in [-0.4, -0.2) is 49.8 Å². The lowest BCUT2D eigenvalue weighted by atomic mass is 10.1. The third-order valence-electron chi connectivity index (χ3n) is 4.51. The number of hydrogen-bond acceptors (Lipinski definition) is 4. The topological polar surface area (TPSA) is 35.9 Å². The van der Waals surface area contributed by atoms with E-state index in [4.69, 9.17) is 16.3 Å². The molecule has 2 aromatic carbocycles. The second-order valence-corrected chi connectivity index (χ2v) is 6.43. The Labute approximate surface area is 148 Å². The SMILES string of the molecule is COc1ccc(N2CCN(CC(O)c3ccccc3Cl)CC2)cc1. The van der Waals surface area contributed by atoms with E-state index in [1.165, 1.54) is 5.69 Å². The molecular weight excluding hydrogens is 324 g/mol. The van der Waals surface area contributed by atoms with Gasteiger partial charge in [-0.3, -0.25) is 4.90 Å². The molecule has 1 aliphatic heterocycles. The van der Waals surface area contributed by atoms with Crippen LogP contribution in [0.4, 0.5) is 5.69 Å². The largest absolute Gasteiger partial charge is 0.497 e. The lowest BCUT2D eigenvalue weighted by Gasteiger charge is -2.37. The van der Waals surface area contributed by atoms with Crippen molar-refractivity contribution in [3.05, 3.63) is 59.1 Å². The maximum absolute atomic E-state index is 10.4. The quantitative estimate of drug-likeness (QED) is 0.902. The first-order chi connectivity index (χ1) is 11.7. The standard InChI is InChI=1S/C19H23ClN2O2/c1-24-16-8-6-15(7-9-16)22-12-10-21(11-13-22)14-19(23)17-4-2-3-5-18(17)20/h2-9,19,23H,10-14H2,1H3. The van der Waals surface area contributed by atoms with Gasteiger partial charge in [0, 0.05) is 49.0 Å². The zero-order chi connectivity index (χ0) is 16.9. The molecule has 4 nitrogen and oxygen atoms in total. The monoisotopic (exact) mass is 346 g/mol. The summed E-state index contributed by atoms with van der Waals surface area (Å²) >= 11 is 6.17. The lowest BCUT2D eigenvalue weighted by molar-refractivity contribution is 0.109. The molecule has 1 saturated heterocycles. The van der Waals surface area contributed by atoms with Crippen LogP contribution in [0.1, 0.15) is 11.7 Å². The van der Waals surface area contributed by atoms with Crippen LogP contribution in [0.25, 0.3) is 0 Å². The van der Waals surface area contributed by atoms with Crippen molar-refractivity contribution in [1.29, 1.82) is 0 Å². The summed E-state index contributed by atoms with van der Waals surface area (Å²) in [7, 11) is 1.68. The van der Waals surface area contributed by atoms with Crippen molar-refractivity contribution in [1.82, 2.24) is 4.90 Å². The second-order valence-electron chi connectivity index (χ2n) is 6.02. The summed E-state index contributed by atoms with van der Waals surface area (Å²) in [5, 5.41) is 11.1. The predicted octanol–water partition coefficient (Wildman–Crippen LogP) is 3.20. The molecule has 0 saturated carbocycles. The summed E-state index contributed by atoms with van der Waals surface area (Å²) in [4.78, 5) is 4.64. The number of aliphatic hydroxyl groups is 1. The molecule has 128 valence electrons. The average Bonchev–Trinajstić information content (AvgIpc) is 2.63. The predicted molar refractivity (Wildman–Crippen MR) is 98.1 cm³/mol. The number of piperazine rings is 1. The van der Waals surface area contributed by atoms with Crippen LogP contribution >= 0.6 is 11.6 Å².